The molecule has 2 N–H and O–H groups in total. The molecule has 2 aliphatic rings. The Morgan fingerprint density at radius 2 is 1.92 bits per heavy atom. The summed E-state index contributed by atoms with van der Waals surface area (Å²) in [6.07, 6.45) is 2.55. The first-order valence-electron chi connectivity index (χ1n) is 8.58. The van der Waals surface area contributed by atoms with Gasteiger partial charge in [0.05, 0.1) is 0 Å². The van der Waals surface area contributed by atoms with Crippen LogP contribution in [0.4, 0.5) is 4.79 Å². The number of hydrogen-bond acceptors (Lipinski definition) is 4. The van der Waals surface area contributed by atoms with Crippen molar-refractivity contribution >= 4 is 18.0 Å². The number of carboxylic acid groups (broad SMARTS) is 1. The number of aliphatic carboxylic acids is 1. The molecule has 1 aromatic rings. The van der Waals surface area contributed by atoms with Crippen molar-refractivity contribution in [3.05, 3.63) is 35.9 Å². The summed E-state index contributed by atoms with van der Waals surface area (Å²) >= 11 is 0. The summed E-state index contributed by atoms with van der Waals surface area (Å²) in [7, 11) is 0. The van der Waals surface area contributed by atoms with Gasteiger partial charge in [-0.25, -0.2) is 9.59 Å². The van der Waals surface area contributed by atoms with Crippen LogP contribution in [-0.2, 0) is 20.9 Å². The second-order valence-electron chi connectivity index (χ2n) is 6.52. The molecule has 25 heavy (non-hydrogen) atoms. The standard InChI is InChI=1S/C18H22N2O5/c21-16-14(19-18(24)25-11-12-5-2-1-3-6-12)8-4-7-13-9-10-15(17(22)23)20(13)16/h1-3,5-6,13-15H,4,7-11H2,(H,19,24)(H,22,23)/t13?,14-,15-/m0/s1. The van der Waals surface area contributed by atoms with Gasteiger partial charge in [-0.2, -0.15) is 0 Å². The Hall–Kier alpha value is -2.57. The maximum atomic E-state index is 12.7. The van der Waals surface area contributed by atoms with Crippen LogP contribution in [0.5, 0.6) is 0 Å². The molecule has 0 bridgehead atoms. The molecule has 3 atom stereocenters. The molecule has 2 saturated heterocycles. The average Bonchev–Trinajstić information content (AvgIpc) is 2.97. The highest BCUT2D eigenvalue weighted by atomic mass is 16.5. The molecule has 2 fully saturated rings. The number of benzene rings is 1. The summed E-state index contributed by atoms with van der Waals surface area (Å²) in [5, 5.41) is 11.9. The number of ether oxygens (including phenoxy) is 1. The second kappa shape index (κ2) is 7.55. The molecular weight excluding hydrogens is 324 g/mol. The lowest BCUT2D eigenvalue weighted by atomic mass is 10.1. The summed E-state index contributed by atoms with van der Waals surface area (Å²) < 4.78 is 5.17. The van der Waals surface area contributed by atoms with Gasteiger partial charge in [-0.3, -0.25) is 4.79 Å². The summed E-state index contributed by atoms with van der Waals surface area (Å²) in [6, 6.07) is 7.70. The van der Waals surface area contributed by atoms with Gasteiger partial charge in [0.15, 0.2) is 0 Å². The Labute approximate surface area is 146 Å². The number of fused-ring (bicyclic) bond motifs is 1. The molecule has 2 amide bonds. The van der Waals surface area contributed by atoms with E-state index in [1.54, 1.807) is 0 Å². The van der Waals surface area contributed by atoms with Crippen molar-refractivity contribution in [1.82, 2.24) is 10.2 Å². The molecule has 0 radical (unpaired) electrons. The van der Waals surface area contributed by atoms with Gasteiger partial charge >= 0.3 is 12.1 Å². The van der Waals surface area contributed by atoms with Crippen LogP contribution >= 0.6 is 0 Å². The van der Waals surface area contributed by atoms with E-state index in [2.05, 4.69) is 5.32 Å². The van der Waals surface area contributed by atoms with Gasteiger partial charge < -0.3 is 20.1 Å². The minimum atomic E-state index is -0.983. The number of alkyl carbamates (subject to hydrolysis) is 1. The third-order valence-electron chi connectivity index (χ3n) is 4.88. The number of carbonyl (C=O) groups excluding carboxylic acids is 2. The van der Waals surface area contributed by atoms with Gasteiger partial charge in [0, 0.05) is 6.04 Å². The zero-order chi connectivity index (χ0) is 17.8. The molecular formula is C18H22N2O5. The molecule has 7 nitrogen and oxygen atoms in total. The van der Waals surface area contributed by atoms with E-state index in [1.165, 1.54) is 4.90 Å². The highest BCUT2D eigenvalue weighted by Crippen LogP contribution is 2.31. The Bertz CT molecular complexity index is 648. The Morgan fingerprint density at radius 1 is 1.16 bits per heavy atom. The molecule has 0 spiro atoms. The number of hydrogen-bond donors (Lipinski definition) is 2. The number of carbonyl (C=O) groups is 3. The van der Waals surface area contributed by atoms with Crippen molar-refractivity contribution in [3.8, 4) is 0 Å². The van der Waals surface area contributed by atoms with Crippen molar-refractivity contribution in [2.24, 2.45) is 0 Å². The van der Waals surface area contributed by atoms with E-state index in [4.69, 9.17) is 4.74 Å². The van der Waals surface area contributed by atoms with E-state index >= 15 is 0 Å². The van der Waals surface area contributed by atoms with Crippen LogP contribution < -0.4 is 5.32 Å². The lowest BCUT2D eigenvalue weighted by Crippen LogP contribution is -2.52. The fourth-order valence-corrected chi connectivity index (χ4v) is 3.64. The minimum absolute atomic E-state index is 0.0410. The van der Waals surface area contributed by atoms with E-state index in [1.807, 2.05) is 30.3 Å². The first kappa shape index (κ1) is 17.3. The summed E-state index contributed by atoms with van der Waals surface area (Å²) in [5.74, 6) is -1.30. The summed E-state index contributed by atoms with van der Waals surface area (Å²) in [4.78, 5) is 37.6. The van der Waals surface area contributed by atoms with Crippen LogP contribution in [0.3, 0.4) is 0 Å². The summed E-state index contributed by atoms with van der Waals surface area (Å²) in [5.41, 5.74) is 0.857. The second-order valence-corrected chi connectivity index (χ2v) is 6.52. The number of nitrogens with one attached hydrogen (secondary N) is 1. The third kappa shape index (κ3) is 3.92. The maximum Gasteiger partial charge on any atom is 0.408 e. The van der Waals surface area contributed by atoms with Crippen LogP contribution in [0.1, 0.15) is 37.7 Å². The van der Waals surface area contributed by atoms with Gasteiger partial charge in [-0.15, -0.1) is 0 Å². The topological polar surface area (TPSA) is 95.9 Å². The predicted octanol–water partition coefficient (Wildman–Crippen LogP) is 1.91. The van der Waals surface area contributed by atoms with Crippen molar-refractivity contribution in [3.63, 3.8) is 0 Å². The van der Waals surface area contributed by atoms with Crippen molar-refractivity contribution < 1.29 is 24.2 Å². The van der Waals surface area contributed by atoms with Crippen molar-refractivity contribution in [2.75, 3.05) is 0 Å². The fourth-order valence-electron chi connectivity index (χ4n) is 3.64. The van der Waals surface area contributed by atoms with Crippen molar-refractivity contribution in [1.29, 1.82) is 0 Å². The number of carboxylic acids is 1. The van der Waals surface area contributed by atoms with Crippen LogP contribution in [0, 0.1) is 0 Å². The normalized spacial score (nSPS) is 25.8. The molecule has 134 valence electrons. The summed E-state index contributed by atoms with van der Waals surface area (Å²) in [6.45, 7) is 0.123. The zero-order valence-corrected chi connectivity index (χ0v) is 13.9. The molecule has 3 rings (SSSR count). The minimum Gasteiger partial charge on any atom is -0.480 e. The quantitative estimate of drug-likeness (QED) is 0.868. The van der Waals surface area contributed by atoms with Gasteiger partial charge in [0.2, 0.25) is 5.91 Å². The first-order chi connectivity index (χ1) is 12.1. The molecule has 0 aromatic heterocycles. The molecule has 0 aliphatic carbocycles. The van der Waals surface area contributed by atoms with Gasteiger partial charge in [0.1, 0.15) is 18.7 Å². The highest BCUT2D eigenvalue weighted by Gasteiger charge is 2.44. The smallest absolute Gasteiger partial charge is 0.408 e. The lowest BCUT2D eigenvalue weighted by Gasteiger charge is -2.28. The molecule has 1 aromatic carbocycles. The van der Waals surface area contributed by atoms with Gasteiger partial charge in [0.25, 0.3) is 0 Å². The van der Waals surface area contributed by atoms with Crippen LogP contribution in [0.15, 0.2) is 30.3 Å². The van der Waals surface area contributed by atoms with E-state index in [0.717, 1.165) is 18.4 Å². The molecule has 7 heteroatoms. The molecule has 2 heterocycles. The molecule has 1 unspecified atom stereocenters. The number of amides is 2. The first-order valence-corrected chi connectivity index (χ1v) is 8.58. The molecule has 2 aliphatic heterocycles. The van der Waals surface area contributed by atoms with Gasteiger partial charge in [-0.05, 0) is 37.7 Å². The average molecular weight is 346 g/mol. The Morgan fingerprint density at radius 3 is 2.64 bits per heavy atom. The van der Waals surface area contributed by atoms with Crippen molar-refractivity contribution in [2.45, 2.75) is 56.8 Å². The Balaban J connectivity index is 1.60. The Kier molecular flexibility index (Phi) is 5.21. The SMILES string of the molecule is O=C(N[C@H]1CCCC2CC[C@@H](C(=O)O)N2C1=O)OCc1ccccc1. The third-order valence-corrected chi connectivity index (χ3v) is 4.88. The van der Waals surface area contributed by atoms with E-state index < -0.39 is 24.1 Å². The number of rotatable bonds is 4. The molecule has 0 saturated carbocycles. The predicted molar refractivity (Wildman–Crippen MR) is 88.7 cm³/mol. The number of nitrogens with zero attached hydrogens (tertiary/aromatic N) is 1. The van der Waals surface area contributed by atoms with Gasteiger partial charge in [-0.1, -0.05) is 30.3 Å². The fraction of sp³-hybridized carbons (Fsp3) is 0.500. The lowest BCUT2D eigenvalue weighted by molar-refractivity contribution is -0.150. The maximum absolute atomic E-state index is 12.7. The van der Waals surface area contributed by atoms with Crippen LogP contribution in [0.25, 0.3) is 0 Å². The monoisotopic (exact) mass is 346 g/mol. The van der Waals surface area contributed by atoms with Crippen LogP contribution in [-0.4, -0.2) is 46.1 Å². The van der Waals surface area contributed by atoms with E-state index in [0.29, 0.717) is 19.3 Å². The van der Waals surface area contributed by atoms with E-state index in [9.17, 15) is 19.5 Å². The van der Waals surface area contributed by atoms with E-state index in [-0.39, 0.29) is 18.6 Å². The highest BCUT2D eigenvalue weighted by molar-refractivity contribution is 5.90. The largest absolute Gasteiger partial charge is 0.480 e. The van der Waals surface area contributed by atoms with Crippen LogP contribution in [0.2, 0.25) is 0 Å². The zero-order valence-electron chi connectivity index (χ0n) is 13.9.